The van der Waals surface area contributed by atoms with Crippen molar-refractivity contribution >= 4 is 11.9 Å². The Morgan fingerprint density at radius 2 is 2.00 bits per heavy atom. The molecular formula is C11H18O5. The molecule has 0 aliphatic carbocycles. The fourth-order valence-corrected chi connectivity index (χ4v) is 1.77. The van der Waals surface area contributed by atoms with Crippen molar-refractivity contribution in [1.82, 2.24) is 0 Å². The van der Waals surface area contributed by atoms with Crippen LogP contribution in [0.2, 0.25) is 0 Å². The first-order valence-corrected chi connectivity index (χ1v) is 5.43. The summed E-state index contributed by atoms with van der Waals surface area (Å²) in [5.74, 6) is -0.576. The topological polar surface area (TPSA) is 61.8 Å². The smallest absolute Gasteiger partial charge is 0.302 e. The second-order valence-corrected chi connectivity index (χ2v) is 4.01. The van der Waals surface area contributed by atoms with Crippen molar-refractivity contribution in [3.63, 3.8) is 0 Å². The largest absolute Gasteiger partial charge is 0.463 e. The Labute approximate surface area is 95.0 Å². The molecule has 1 saturated heterocycles. The van der Waals surface area contributed by atoms with Crippen LogP contribution in [0.1, 0.15) is 27.2 Å². The molecule has 0 N–H and O–H groups in total. The zero-order valence-corrected chi connectivity index (χ0v) is 9.89. The molecule has 3 unspecified atom stereocenters. The Bertz CT molecular complexity index is 263. The minimum Gasteiger partial charge on any atom is -0.463 e. The van der Waals surface area contributed by atoms with E-state index in [2.05, 4.69) is 0 Å². The molecule has 1 aliphatic rings. The van der Waals surface area contributed by atoms with E-state index < -0.39 is 0 Å². The number of carbonyl (C=O) groups is 2. The van der Waals surface area contributed by atoms with Crippen LogP contribution >= 0.6 is 0 Å². The number of hydrogen-bond acceptors (Lipinski definition) is 5. The minimum absolute atomic E-state index is 0.0389. The van der Waals surface area contributed by atoms with Crippen molar-refractivity contribution in [3.05, 3.63) is 0 Å². The molecule has 5 heteroatoms. The predicted octanol–water partition coefficient (Wildman–Crippen LogP) is 0.906. The van der Waals surface area contributed by atoms with Gasteiger partial charge in [0.25, 0.3) is 0 Å². The number of hydrogen-bond donors (Lipinski definition) is 0. The van der Waals surface area contributed by atoms with Crippen LogP contribution in [-0.2, 0) is 23.8 Å². The first kappa shape index (κ1) is 13.0. The van der Waals surface area contributed by atoms with E-state index in [-0.39, 0.29) is 36.7 Å². The molecule has 0 amide bonds. The standard InChI is InChI=1S/C11H18O5/c1-7-10(16-9(3)13)4-5-14-11(7)6-15-8(2)12/h7,10-11H,4-6H2,1-3H3. The molecule has 3 atom stereocenters. The highest BCUT2D eigenvalue weighted by Gasteiger charge is 2.33. The molecule has 0 aromatic carbocycles. The lowest BCUT2D eigenvalue weighted by Crippen LogP contribution is -2.43. The van der Waals surface area contributed by atoms with Crippen molar-refractivity contribution in [3.8, 4) is 0 Å². The lowest BCUT2D eigenvalue weighted by Gasteiger charge is -2.34. The average molecular weight is 230 g/mol. The lowest BCUT2D eigenvalue weighted by atomic mass is 9.93. The number of esters is 2. The summed E-state index contributed by atoms with van der Waals surface area (Å²) in [7, 11) is 0. The fourth-order valence-electron chi connectivity index (χ4n) is 1.77. The van der Waals surface area contributed by atoms with Crippen molar-refractivity contribution in [2.24, 2.45) is 5.92 Å². The molecular weight excluding hydrogens is 212 g/mol. The Kier molecular flexibility index (Phi) is 4.73. The SMILES string of the molecule is CC(=O)OCC1OCCC(OC(C)=O)C1C. The van der Waals surface area contributed by atoms with Gasteiger partial charge in [-0.05, 0) is 0 Å². The third-order valence-corrected chi connectivity index (χ3v) is 2.68. The number of ether oxygens (including phenoxy) is 3. The Morgan fingerprint density at radius 1 is 1.31 bits per heavy atom. The summed E-state index contributed by atoms with van der Waals surface area (Å²) in [6, 6.07) is 0. The minimum atomic E-state index is -0.328. The highest BCUT2D eigenvalue weighted by molar-refractivity contribution is 5.66. The van der Waals surface area contributed by atoms with Gasteiger partial charge in [-0.1, -0.05) is 6.92 Å². The van der Waals surface area contributed by atoms with E-state index in [1.807, 2.05) is 6.92 Å². The van der Waals surface area contributed by atoms with Crippen LogP contribution in [0.3, 0.4) is 0 Å². The van der Waals surface area contributed by atoms with Crippen LogP contribution in [0, 0.1) is 5.92 Å². The summed E-state index contributed by atoms with van der Waals surface area (Å²) in [5, 5.41) is 0. The second kappa shape index (κ2) is 5.84. The maximum atomic E-state index is 10.9. The van der Waals surface area contributed by atoms with Gasteiger partial charge in [-0.15, -0.1) is 0 Å². The second-order valence-electron chi connectivity index (χ2n) is 4.01. The summed E-state index contributed by atoms with van der Waals surface area (Å²) in [6.45, 7) is 5.42. The molecule has 92 valence electrons. The maximum Gasteiger partial charge on any atom is 0.302 e. The van der Waals surface area contributed by atoms with Crippen LogP contribution in [0.4, 0.5) is 0 Å². The van der Waals surface area contributed by atoms with Gasteiger partial charge >= 0.3 is 11.9 Å². The van der Waals surface area contributed by atoms with Crippen LogP contribution in [-0.4, -0.2) is 37.4 Å². The number of carbonyl (C=O) groups excluding carboxylic acids is 2. The first-order valence-electron chi connectivity index (χ1n) is 5.43. The Morgan fingerprint density at radius 3 is 2.56 bits per heavy atom. The van der Waals surface area contributed by atoms with Gasteiger partial charge in [-0.3, -0.25) is 9.59 Å². The molecule has 1 aliphatic heterocycles. The molecule has 0 bridgehead atoms. The van der Waals surface area contributed by atoms with Gasteiger partial charge < -0.3 is 14.2 Å². The van der Waals surface area contributed by atoms with Gasteiger partial charge in [0.05, 0.1) is 12.7 Å². The fraction of sp³-hybridized carbons (Fsp3) is 0.818. The van der Waals surface area contributed by atoms with Crippen molar-refractivity contribution in [2.45, 2.75) is 39.4 Å². The molecule has 1 fully saturated rings. The summed E-state index contributed by atoms with van der Waals surface area (Å²) >= 11 is 0. The molecule has 1 rings (SSSR count). The van der Waals surface area contributed by atoms with Crippen LogP contribution in [0.25, 0.3) is 0 Å². The molecule has 1 heterocycles. The van der Waals surface area contributed by atoms with E-state index in [1.165, 1.54) is 13.8 Å². The summed E-state index contributed by atoms with van der Waals surface area (Å²) in [5.41, 5.74) is 0. The first-order chi connectivity index (χ1) is 7.50. The molecule has 0 saturated carbocycles. The van der Waals surface area contributed by atoms with Gasteiger partial charge in [0.1, 0.15) is 12.7 Å². The summed E-state index contributed by atoms with van der Waals surface area (Å²) < 4.78 is 15.6. The van der Waals surface area contributed by atoms with Crippen molar-refractivity contribution in [2.75, 3.05) is 13.2 Å². The quantitative estimate of drug-likeness (QED) is 0.674. The Hall–Kier alpha value is -1.10. The van der Waals surface area contributed by atoms with E-state index in [9.17, 15) is 9.59 Å². The average Bonchev–Trinajstić information content (AvgIpc) is 2.18. The van der Waals surface area contributed by atoms with E-state index in [0.717, 1.165) is 0 Å². The van der Waals surface area contributed by atoms with Gasteiger partial charge in [0.15, 0.2) is 0 Å². The normalized spacial score (nSPS) is 29.6. The molecule has 0 aromatic heterocycles. The van der Waals surface area contributed by atoms with E-state index in [1.54, 1.807) is 0 Å². The number of rotatable bonds is 3. The molecule has 0 spiro atoms. The molecule has 0 aromatic rings. The molecule has 0 radical (unpaired) electrons. The molecule has 16 heavy (non-hydrogen) atoms. The van der Waals surface area contributed by atoms with E-state index in [0.29, 0.717) is 13.0 Å². The summed E-state index contributed by atoms with van der Waals surface area (Å²) in [4.78, 5) is 21.6. The monoisotopic (exact) mass is 230 g/mol. The highest BCUT2D eigenvalue weighted by atomic mass is 16.6. The van der Waals surface area contributed by atoms with Gasteiger partial charge in [-0.2, -0.15) is 0 Å². The summed E-state index contributed by atoms with van der Waals surface area (Å²) in [6.07, 6.45) is 0.353. The third kappa shape index (κ3) is 3.81. The third-order valence-electron chi connectivity index (χ3n) is 2.68. The van der Waals surface area contributed by atoms with Crippen LogP contribution in [0.15, 0.2) is 0 Å². The van der Waals surface area contributed by atoms with Crippen LogP contribution in [0.5, 0.6) is 0 Å². The highest BCUT2D eigenvalue weighted by Crippen LogP contribution is 2.24. The molecule has 5 nitrogen and oxygen atoms in total. The lowest BCUT2D eigenvalue weighted by molar-refractivity contribution is -0.169. The van der Waals surface area contributed by atoms with Gasteiger partial charge in [0, 0.05) is 26.2 Å². The van der Waals surface area contributed by atoms with Gasteiger partial charge in [-0.25, -0.2) is 0 Å². The van der Waals surface area contributed by atoms with E-state index >= 15 is 0 Å². The Balaban J connectivity index is 2.46. The van der Waals surface area contributed by atoms with Crippen molar-refractivity contribution < 1.29 is 23.8 Å². The maximum absolute atomic E-state index is 10.9. The zero-order valence-electron chi connectivity index (χ0n) is 9.89. The predicted molar refractivity (Wildman–Crippen MR) is 55.7 cm³/mol. The van der Waals surface area contributed by atoms with E-state index in [4.69, 9.17) is 14.2 Å². The van der Waals surface area contributed by atoms with Crippen LogP contribution < -0.4 is 0 Å². The zero-order chi connectivity index (χ0) is 12.1. The van der Waals surface area contributed by atoms with Crippen molar-refractivity contribution in [1.29, 1.82) is 0 Å². The van der Waals surface area contributed by atoms with Gasteiger partial charge in [0.2, 0.25) is 0 Å².